The third-order valence-corrected chi connectivity index (χ3v) is 13.4. The van der Waals surface area contributed by atoms with Gasteiger partial charge in [0.1, 0.15) is 12.3 Å². The van der Waals surface area contributed by atoms with Crippen molar-refractivity contribution in [2.45, 2.75) is 91.4 Å². The van der Waals surface area contributed by atoms with Gasteiger partial charge in [-0.25, -0.2) is 4.68 Å². The highest BCUT2D eigenvalue weighted by molar-refractivity contribution is 8.02. The molecular formula is C58H109N9O19S2. The lowest BCUT2D eigenvalue weighted by Crippen LogP contribution is -2.45. The number of ether oxygens (including phenoxy) is 14. The van der Waals surface area contributed by atoms with E-state index in [0.717, 1.165) is 18.7 Å². The van der Waals surface area contributed by atoms with Gasteiger partial charge in [-0.05, 0) is 18.4 Å². The van der Waals surface area contributed by atoms with Gasteiger partial charge in [0.05, 0.1) is 203 Å². The number of nitrogens with zero attached hydrogens (tertiary/aromatic N) is 4. The first-order valence-electron chi connectivity index (χ1n) is 30.2. The fraction of sp³-hybridized carbons (Fsp3) is 0.845. The quantitative estimate of drug-likeness (QED) is 0.0271. The first-order chi connectivity index (χ1) is 42.2. The summed E-state index contributed by atoms with van der Waals surface area (Å²) in [5.41, 5.74) is 1.69. The summed E-state index contributed by atoms with van der Waals surface area (Å²) in [5, 5.41) is 25.2. The van der Waals surface area contributed by atoms with Crippen molar-refractivity contribution in [1.29, 1.82) is 0 Å². The van der Waals surface area contributed by atoms with Gasteiger partial charge in [-0.3, -0.25) is 19.2 Å². The van der Waals surface area contributed by atoms with Crippen LogP contribution in [0.25, 0.3) is 0 Å². The number of thioether (sulfide) groups is 2. The van der Waals surface area contributed by atoms with E-state index in [9.17, 15) is 19.2 Å². The van der Waals surface area contributed by atoms with E-state index in [2.05, 4.69) is 111 Å². The van der Waals surface area contributed by atoms with Gasteiger partial charge < -0.3 is 97.7 Å². The molecule has 1 aromatic heterocycles. The minimum atomic E-state index is -0.588. The maximum atomic E-state index is 12.2. The topological polar surface area (TPSA) is 310 Å². The molecule has 0 aliphatic carbocycles. The summed E-state index contributed by atoms with van der Waals surface area (Å²) in [7, 11) is 0. The molecule has 88 heavy (non-hydrogen) atoms. The molecule has 1 heterocycles. The summed E-state index contributed by atoms with van der Waals surface area (Å²) < 4.78 is 79.3. The van der Waals surface area contributed by atoms with Crippen molar-refractivity contribution in [2.75, 3.05) is 223 Å². The number of rotatable bonds is 61. The maximum Gasteiger partial charge on any atom is 0.261 e. The first-order valence-corrected chi connectivity index (χ1v) is 32.2. The largest absolute Gasteiger partial charge is 0.473 e. The van der Waals surface area contributed by atoms with E-state index in [1.807, 2.05) is 0 Å². The van der Waals surface area contributed by atoms with Crippen LogP contribution in [0, 0.1) is 5.41 Å². The Kier molecular flexibility index (Phi) is 51.0. The van der Waals surface area contributed by atoms with E-state index in [-0.39, 0.29) is 60.2 Å². The molecule has 30 heteroatoms. The van der Waals surface area contributed by atoms with Gasteiger partial charge in [0.15, 0.2) is 12.5 Å². The molecular weight excluding hydrogens is 1190 g/mol. The molecule has 0 aromatic carbocycles. The van der Waals surface area contributed by atoms with Crippen LogP contribution < -0.4 is 26.6 Å². The van der Waals surface area contributed by atoms with E-state index >= 15 is 0 Å². The average molecular weight is 1300 g/mol. The standard InChI is InChI=1S/C58H109N9O19S2/c1-49(59-12-13-60-52(68)41-61-53(69)42-62-54(70)43-63-55(71)46-86-65-51(47-87-57(5,6)7)48-88-58(8,9)10)85-45-50-44-67(66-64-50)14-16-73-18-20-75-22-24-77-26-28-79-30-32-81-34-36-83-38-40-84-39-37-82-35-33-80-31-29-78-27-25-76-23-21-74-19-17-72-15-11-56(2,3)4/h44,59H,1,11-43,45-48H2,2-10H3,(H,60,68)(H,61,69)(H,62,70)(H,63,71). The Bertz CT molecular complexity index is 1920. The lowest BCUT2D eigenvalue weighted by Gasteiger charge is -2.20. The van der Waals surface area contributed by atoms with Gasteiger partial charge in [0, 0.05) is 40.7 Å². The minimum absolute atomic E-state index is 0.0425. The number of nitrogens with one attached hydrogen (secondary N) is 5. The molecule has 0 unspecified atom stereocenters. The predicted octanol–water partition coefficient (Wildman–Crippen LogP) is 2.41. The molecule has 0 bridgehead atoms. The van der Waals surface area contributed by atoms with Crippen LogP contribution in [0.15, 0.2) is 23.8 Å². The number of amides is 4. The molecule has 0 spiro atoms. The number of hydrogen-bond donors (Lipinski definition) is 5. The van der Waals surface area contributed by atoms with E-state index < -0.39 is 23.6 Å². The fourth-order valence-electron chi connectivity index (χ4n) is 6.06. The molecule has 0 fully saturated rings. The first kappa shape index (κ1) is 82.0. The predicted molar refractivity (Wildman–Crippen MR) is 337 cm³/mol. The molecule has 0 radical (unpaired) electrons. The molecule has 4 amide bonds. The molecule has 28 nitrogen and oxygen atoms in total. The summed E-state index contributed by atoms with van der Waals surface area (Å²) in [5.74, 6) is -0.549. The van der Waals surface area contributed by atoms with Gasteiger partial charge in [-0.2, -0.15) is 0 Å². The van der Waals surface area contributed by atoms with E-state index in [4.69, 9.17) is 71.2 Å². The van der Waals surface area contributed by atoms with Crippen molar-refractivity contribution in [1.82, 2.24) is 41.6 Å². The molecule has 1 rings (SSSR count). The average Bonchev–Trinajstić information content (AvgIpc) is 3.98. The summed E-state index contributed by atoms with van der Waals surface area (Å²) in [4.78, 5) is 54.0. The van der Waals surface area contributed by atoms with Crippen molar-refractivity contribution in [3.8, 4) is 0 Å². The zero-order valence-corrected chi connectivity index (χ0v) is 55.9. The van der Waals surface area contributed by atoms with Crippen LogP contribution in [0.1, 0.15) is 74.4 Å². The Hall–Kier alpha value is -3.99. The number of carbonyl (C=O) groups excluding carboxylic acids is 4. The van der Waals surface area contributed by atoms with Crippen molar-refractivity contribution < 1.29 is 90.3 Å². The van der Waals surface area contributed by atoms with E-state index in [1.165, 1.54) is 0 Å². The lowest BCUT2D eigenvalue weighted by atomic mass is 9.93. The third kappa shape index (κ3) is 59.6. The molecule has 5 N–H and O–H groups in total. The van der Waals surface area contributed by atoms with Gasteiger partial charge in [0.25, 0.3) is 5.91 Å². The Morgan fingerprint density at radius 2 is 0.795 bits per heavy atom. The van der Waals surface area contributed by atoms with E-state index in [1.54, 1.807) is 34.4 Å². The van der Waals surface area contributed by atoms with Gasteiger partial charge in [-0.1, -0.05) is 72.7 Å². The van der Waals surface area contributed by atoms with Gasteiger partial charge in [0.2, 0.25) is 17.7 Å². The van der Waals surface area contributed by atoms with Crippen molar-refractivity contribution in [3.63, 3.8) is 0 Å². The normalized spacial score (nSPS) is 11.8. The molecule has 1 aromatic rings. The Morgan fingerprint density at radius 1 is 0.466 bits per heavy atom. The molecule has 0 atom stereocenters. The van der Waals surface area contributed by atoms with Crippen molar-refractivity contribution in [2.24, 2.45) is 10.6 Å². The highest BCUT2D eigenvalue weighted by Gasteiger charge is 2.18. The Balaban J connectivity index is 1.85. The number of oxime groups is 1. The van der Waals surface area contributed by atoms with Crippen LogP contribution in [0.5, 0.6) is 0 Å². The molecule has 0 saturated carbocycles. The summed E-state index contributed by atoms with van der Waals surface area (Å²) in [6, 6.07) is 0. The Labute approximate surface area is 531 Å². The van der Waals surface area contributed by atoms with Gasteiger partial charge in [-0.15, -0.1) is 28.6 Å². The minimum Gasteiger partial charge on any atom is -0.473 e. The number of carbonyl (C=O) groups is 4. The number of aromatic nitrogens is 3. The maximum absolute atomic E-state index is 12.2. The second kappa shape index (κ2) is 54.7. The highest BCUT2D eigenvalue weighted by Crippen LogP contribution is 2.27. The zero-order valence-electron chi connectivity index (χ0n) is 54.3. The molecule has 0 aliphatic rings. The summed E-state index contributed by atoms with van der Waals surface area (Å²) >= 11 is 3.46. The van der Waals surface area contributed by atoms with Crippen LogP contribution in [0.4, 0.5) is 0 Å². The second-order valence-corrected chi connectivity index (χ2v) is 25.9. The van der Waals surface area contributed by atoms with Gasteiger partial charge >= 0.3 is 0 Å². The highest BCUT2D eigenvalue weighted by atomic mass is 32.2. The zero-order chi connectivity index (χ0) is 64.7. The summed E-state index contributed by atoms with van der Waals surface area (Å²) in [6.07, 6.45) is 2.77. The van der Waals surface area contributed by atoms with Crippen molar-refractivity contribution in [3.05, 3.63) is 24.4 Å². The second-order valence-electron chi connectivity index (χ2n) is 22.3. The molecule has 0 saturated heterocycles. The number of hydrogen-bond acceptors (Lipinski definition) is 25. The summed E-state index contributed by atoms with van der Waals surface area (Å²) in [6.45, 7) is 35.7. The fourth-order valence-corrected chi connectivity index (χ4v) is 7.70. The Morgan fingerprint density at radius 3 is 1.16 bits per heavy atom. The van der Waals surface area contributed by atoms with Crippen LogP contribution in [-0.4, -0.2) is 276 Å². The third-order valence-electron chi connectivity index (χ3n) is 10.7. The smallest absolute Gasteiger partial charge is 0.261 e. The molecule has 0 aliphatic heterocycles. The monoisotopic (exact) mass is 1300 g/mol. The lowest BCUT2D eigenvalue weighted by molar-refractivity contribution is -0.130. The molecule has 512 valence electrons. The SMILES string of the molecule is C=C(NCCNC(=O)CNC(=O)CNC(=O)CNC(=O)CON=C(CSC(C)(C)C)CSC(C)(C)C)OCc1cn(CCOCCOCCOCCOCCOCCOCCOCCOCCOCCOCCOCCOCCOCCC(C)(C)C)nn1. The van der Waals surface area contributed by atoms with Crippen LogP contribution in [0.2, 0.25) is 0 Å². The van der Waals surface area contributed by atoms with Crippen LogP contribution in [0.3, 0.4) is 0 Å². The van der Waals surface area contributed by atoms with Crippen molar-refractivity contribution >= 4 is 52.9 Å². The van der Waals surface area contributed by atoms with Crippen LogP contribution in [-0.2, 0) is 103 Å². The van der Waals surface area contributed by atoms with Crippen LogP contribution >= 0.6 is 23.5 Å². The van der Waals surface area contributed by atoms with E-state index in [0.29, 0.717) is 195 Å².